The lowest BCUT2D eigenvalue weighted by atomic mass is 10.1. The van der Waals surface area contributed by atoms with Crippen molar-refractivity contribution in [3.8, 4) is 11.5 Å². The maximum atomic E-state index is 13.0. The summed E-state index contributed by atoms with van der Waals surface area (Å²) >= 11 is 6.60. The van der Waals surface area contributed by atoms with E-state index in [4.69, 9.17) is 21.1 Å². The number of imide groups is 1. The lowest BCUT2D eigenvalue weighted by Gasteiger charge is -2.15. The minimum Gasteiger partial charge on any atom is -0.493 e. The highest BCUT2D eigenvalue weighted by atomic mass is 35.5. The summed E-state index contributed by atoms with van der Waals surface area (Å²) in [4.78, 5) is 25.8. The van der Waals surface area contributed by atoms with E-state index in [1.165, 1.54) is 7.11 Å². The van der Waals surface area contributed by atoms with Crippen LogP contribution < -0.4 is 9.47 Å². The minimum atomic E-state index is -0.502. The number of benzene rings is 4. The lowest BCUT2D eigenvalue weighted by Crippen LogP contribution is -2.29. The van der Waals surface area contributed by atoms with Gasteiger partial charge >= 0.3 is 0 Å². The monoisotopic (exact) mass is 510 g/mol. The molecule has 7 heteroatoms. The molecule has 0 saturated heterocycles. The molecule has 0 atom stereocenters. The Hall–Kier alpha value is -4.42. The SMILES string of the molecule is COc1cc(/C=C2/C(=O)N(C(=O)c3ccccc3)N=C2C)cc(Cl)c1OCc1cccc2ccccc12. The van der Waals surface area contributed by atoms with E-state index in [2.05, 4.69) is 23.3 Å². The number of halogens is 1. The van der Waals surface area contributed by atoms with Gasteiger partial charge in [-0.1, -0.05) is 72.3 Å². The molecule has 1 aliphatic heterocycles. The lowest BCUT2D eigenvalue weighted by molar-refractivity contribution is -0.123. The number of hydrogen-bond acceptors (Lipinski definition) is 5. The molecule has 184 valence electrons. The zero-order valence-corrected chi connectivity index (χ0v) is 21.0. The van der Waals surface area contributed by atoms with Crippen LogP contribution in [0.4, 0.5) is 0 Å². The van der Waals surface area contributed by atoms with E-state index >= 15 is 0 Å². The van der Waals surface area contributed by atoms with Crippen LogP contribution in [0, 0.1) is 0 Å². The van der Waals surface area contributed by atoms with Gasteiger partial charge in [-0.25, -0.2) is 0 Å². The van der Waals surface area contributed by atoms with Crippen molar-refractivity contribution in [2.75, 3.05) is 7.11 Å². The number of fused-ring (bicyclic) bond motifs is 1. The van der Waals surface area contributed by atoms with Crippen molar-refractivity contribution in [1.82, 2.24) is 5.01 Å². The number of hydrogen-bond donors (Lipinski definition) is 0. The van der Waals surface area contributed by atoms with Gasteiger partial charge in [-0.2, -0.15) is 10.1 Å². The fourth-order valence-electron chi connectivity index (χ4n) is 4.22. The van der Waals surface area contributed by atoms with E-state index in [0.717, 1.165) is 21.3 Å². The molecule has 5 rings (SSSR count). The average Bonchev–Trinajstić information content (AvgIpc) is 3.20. The molecule has 0 saturated carbocycles. The van der Waals surface area contributed by atoms with Crippen molar-refractivity contribution in [1.29, 1.82) is 0 Å². The standard InChI is InChI=1S/C30H23ClN2O4/c1-19-25(30(35)33(32-19)29(34)22-10-4-3-5-11-22)15-20-16-26(31)28(27(17-20)36-2)37-18-23-13-8-12-21-9-6-7-14-24(21)23/h3-17H,18H2,1-2H3/b25-15+. The fourth-order valence-corrected chi connectivity index (χ4v) is 4.50. The molecule has 1 aliphatic rings. The Labute approximate surface area is 219 Å². The first kappa shape index (κ1) is 24.3. The van der Waals surface area contributed by atoms with Crippen LogP contribution in [0.15, 0.2) is 95.6 Å². The van der Waals surface area contributed by atoms with Gasteiger partial charge in [0.05, 0.1) is 23.4 Å². The quantitative estimate of drug-likeness (QED) is 0.219. The van der Waals surface area contributed by atoms with E-state index in [0.29, 0.717) is 45.5 Å². The molecule has 2 amide bonds. The zero-order valence-electron chi connectivity index (χ0n) is 20.3. The summed E-state index contributed by atoms with van der Waals surface area (Å²) in [6.45, 7) is 1.99. The second kappa shape index (κ2) is 10.3. The van der Waals surface area contributed by atoms with E-state index < -0.39 is 11.8 Å². The number of rotatable bonds is 6. The molecule has 0 aliphatic carbocycles. The molecule has 6 nitrogen and oxygen atoms in total. The smallest absolute Gasteiger partial charge is 0.283 e. The minimum absolute atomic E-state index is 0.298. The van der Waals surface area contributed by atoms with E-state index in [-0.39, 0.29) is 0 Å². The largest absolute Gasteiger partial charge is 0.493 e. The molecular formula is C30H23ClN2O4. The van der Waals surface area contributed by atoms with Crippen molar-refractivity contribution < 1.29 is 19.1 Å². The first-order valence-electron chi connectivity index (χ1n) is 11.6. The van der Waals surface area contributed by atoms with Gasteiger partial charge in [0, 0.05) is 5.56 Å². The van der Waals surface area contributed by atoms with Crippen molar-refractivity contribution in [2.45, 2.75) is 13.5 Å². The van der Waals surface area contributed by atoms with Gasteiger partial charge in [0.1, 0.15) is 6.61 Å². The van der Waals surface area contributed by atoms with Crippen molar-refractivity contribution in [3.63, 3.8) is 0 Å². The van der Waals surface area contributed by atoms with Gasteiger partial charge in [-0.05, 0) is 59.2 Å². The van der Waals surface area contributed by atoms with E-state index in [1.54, 1.807) is 55.5 Å². The maximum Gasteiger partial charge on any atom is 0.283 e. The Morgan fingerprint density at radius 2 is 1.73 bits per heavy atom. The van der Waals surface area contributed by atoms with Gasteiger partial charge in [-0.3, -0.25) is 9.59 Å². The number of amides is 2. The van der Waals surface area contributed by atoms with Gasteiger partial charge in [-0.15, -0.1) is 0 Å². The van der Waals surface area contributed by atoms with Gasteiger partial charge in [0.15, 0.2) is 11.5 Å². The number of ether oxygens (including phenoxy) is 2. The van der Waals surface area contributed by atoms with E-state index in [1.807, 2.05) is 24.3 Å². The first-order valence-corrected chi connectivity index (χ1v) is 12.0. The van der Waals surface area contributed by atoms with Crippen molar-refractivity contribution in [3.05, 3.63) is 112 Å². The van der Waals surface area contributed by atoms with Crippen LogP contribution in [0.5, 0.6) is 11.5 Å². The molecule has 0 fully saturated rings. The topological polar surface area (TPSA) is 68.2 Å². The third-order valence-electron chi connectivity index (χ3n) is 6.09. The van der Waals surface area contributed by atoms with Crippen LogP contribution in [0.3, 0.4) is 0 Å². The summed E-state index contributed by atoms with van der Waals surface area (Å²) in [6.07, 6.45) is 1.64. The molecule has 0 N–H and O–H groups in total. The summed E-state index contributed by atoms with van der Waals surface area (Å²) < 4.78 is 11.7. The first-order chi connectivity index (χ1) is 18.0. The third-order valence-corrected chi connectivity index (χ3v) is 6.37. The highest BCUT2D eigenvalue weighted by molar-refractivity contribution is 6.33. The molecule has 37 heavy (non-hydrogen) atoms. The highest BCUT2D eigenvalue weighted by Crippen LogP contribution is 2.38. The number of nitrogens with zero attached hydrogens (tertiary/aromatic N) is 2. The molecule has 0 spiro atoms. The fraction of sp³-hybridized carbons (Fsp3) is 0.100. The average molecular weight is 511 g/mol. The van der Waals surface area contributed by atoms with Crippen molar-refractivity contribution in [2.24, 2.45) is 5.10 Å². The second-order valence-corrected chi connectivity index (χ2v) is 8.90. The molecule has 0 aromatic heterocycles. The summed E-state index contributed by atoms with van der Waals surface area (Å²) in [6, 6.07) is 26.1. The normalized spacial score (nSPS) is 14.2. The van der Waals surface area contributed by atoms with Crippen LogP contribution in [-0.4, -0.2) is 29.6 Å². The highest BCUT2D eigenvalue weighted by Gasteiger charge is 2.33. The van der Waals surface area contributed by atoms with Crippen molar-refractivity contribution >= 4 is 46.0 Å². The number of hydrazone groups is 1. The molecule has 1 heterocycles. The van der Waals surface area contributed by atoms with Gasteiger partial charge in [0.25, 0.3) is 11.8 Å². The van der Waals surface area contributed by atoms with Gasteiger partial charge in [0.2, 0.25) is 0 Å². The zero-order chi connectivity index (χ0) is 25.9. The maximum absolute atomic E-state index is 13.0. The summed E-state index contributed by atoms with van der Waals surface area (Å²) in [7, 11) is 1.53. The Balaban J connectivity index is 1.40. The Morgan fingerprint density at radius 1 is 1.00 bits per heavy atom. The van der Waals surface area contributed by atoms with Gasteiger partial charge < -0.3 is 9.47 Å². The van der Waals surface area contributed by atoms with Crippen LogP contribution in [0.25, 0.3) is 16.8 Å². The predicted molar refractivity (Wildman–Crippen MR) is 145 cm³/mol. The Kier molecular flexibility index (Phi) is 6.75. The van der Waals surface area contributed by atoms with Crippen LogP contribution >= 0.6 is 11.6 Å². The summed E-state index contributed by atoms with van der Waals surface area (Å²) in [5.74, 6) is -0.154. The molecular weight excluding hydrogens is 488 g/mol. The molecule has 4 aromatic rings. The number of carbonyl (C=O) groups excluding carboxylic acids is 2. The molecule has 4 aromatic carbocycles. The molecule has 0 radical (unpaired) electrons. The third kappa shape index (κ3) is 4.84. The van der Waals surface area contributed by atoms with E-state index in [9.17, 15) is 9.59 Å². The second-order valence-electron chi connectivity index (χ2n) is 8.49. The Bertz CT molecular complexity index is 1570. The Morgan fingerprint density at radius 3 is 2.51 bits per heavy atom. The molecule has 0 unspecified atom stereocenters. The number of carbonyl (C=O) groups is 2. The van der Waals surface area contributed by atoms with Crippen LogP contribution in [-0.2, 0) is 11.4 Å². The summed E-state index contributed by atoms with van der Waals surface area (Å²) in [5.41, 5.74) is 2.75. The van der Waals surface area contributed by atoms with Crippen LogP contribution in [0.1, 0.15) is 28.4 Å². The molecule has 0 bridgehead atoms. The predicted octanol–water partition coefficient (Wildman–Crippen LogP) is 6.52. The summed E-state index contributed by atoms with van der Waals surface area (Å²) in [5, 5.41) is 7.64. The number of methoxy groups -OCH3 is 1. The van der Waals surface area contributed by atoms with Crippen LogP contribution in [0.2, 0.25) is 5.02 Å².